The molecular formula is C46H53NO6Si. The van der Waals surface area contributed by atoms with Crippen molar-refractivity contribution in [2.24, 2.45) is 17.8 Å². The fourth-order valence-electron chi connectivity index (χ4n) is 8.83. The number of rotatable bonds is 12. The Balaban J connectivity index is 1.41. The van der Waals surface area contributed by atoms with Crippen molar-refractivity contribution in [1.29, 1.82) is 0 Å². The molecule has 3 N–H and O–H groups in total. The van der Waals surface area contributed by atoms with Crippen molar-refractivity contribution in [2.45, 2.75) is 71.9 Å². The predicted octanol–water partition coefficient (Wildman–Crippen LogP) is 7.24. The number of phenolic OH excluding ortho intramolecular Hbond substituents is 1. The van der Waals surface area contributed by atoms with Gasteiger partial charge in [0.15, 0.2) is 0 Å². The Hall–Kier alpha value is -4.60. The van der Waals surface area contributed by atoms with Crippen LogP contribution in [0.1, 0.15) is 63.6 Å². The van der Waals surface area contributed by atoms with Crippen LogP contribution in [0, 0.1) is 31.6 Å². The molecule has 0 unspecified atom stereocenters. The van der Waals surface area contributed by atoms with Crippen molar-refractivity contribution >= 4 is 42.3 Å². The Morgan fingerprint density at radius 3 is 1.94 bits per heavy atom. The number of nitrogens with zero attached hydrogens (tertiary/aromatic N) is 1. The number of anilines is 1. The molecule has 4 aromatic rings. The van der Waals surface area contributed by atoms with Crippen LogP contribution in [0.15, 0.2) is 120 Å². The van der Waals surface area contributed by atoms with Gasteiger partial charge in [-0.05, 0) is 108 Å². The molecule has 282 valence electrons. The Morgan fingerprint density at radius 1 is 0.889 bits per heavy atom. The molecule has 54 heavy (non-hydrogen) atoms. The minimum atomic E-state index is -3.02. The number of allylic oxidation sites excluding steroid dienone is 1. The molecular weight excluding hydrogens is 691 g/mol. The lowest BCUT2D eigenvalue weighted by Gasteiger charge is -2.44. The van der Waals surface area contributed by atoms with E-state index in [9.17, 15) is 24.9 Å². The van der Waals surface area contributed by atoms with Crippen LogP contribution in [-0.2, 0) is 14.0 Å². The second kappa shape index (κ2) is 16.0. The number of imide groups is 1. The maximum atomic E-state index is 14.2. The quantitative estimate of drug-likeness (QED) is 0.0803. The van der Waals surface area contributed by atoms with Gasteiger partial charge < -0.3 is 19.7 Å². The molecule has 1 fully saturated rings. The summed E-state index contributed by atoms with van der Waals surface area (Å²) in [5, 5.41) is 35.5. The van der Waals surface area contributed by atoms with E-state index in [4.69, 9.17) is 4.43 Å². The third kappa shape index (κ3) is 7.40. The van der Waals surface area contributed by atoms with Gasteiger partial charge in [-0.25, -0.2) is 0 Å². The first-order valence-electron chi connectivity index (χ1n) is 18.9. The normalized spacial score (nSPS) is 20.0. The lowest BCUT2D eigenvalue weighted by atomic mass is 9.68. The molecule has 1 saturated heterocycles. The average Bonchev–Trinajstić information content (AvgIpc) is 3.41. The second-order valence-electron chi connectivity index (χ2n) is 16.0. The molecule has 2 aliphatic rings. The summed E-state index contributed by atoms with van der Waals surface area (Å²) < 4.78 is 7.38. The van der Waals surface area contributed by atoms with E-state index in [1.54, 1.807) is 24.3 Å². The molecule has 0 aromatic heterocycles. The second-order valence-corrected chi connectivity index (χ2v) is 20.3. The highest BCUT2D eigenvalue weighted by Gasteiger charge is 2.56. The van der Waals surface area contributed by atoms with E-state index in [0.717, 1.165) is 38.2 Å². The number of aryl methyl sites for hydroxylation is 2. The van der Waals surface area contributed by atoms with E-state index < -0.39 is 38.8 Å². The van der Waals surface area contributed by atoms with Gasteiger partial charge in [-0.1, -0.05) is 111 Å². The molecule has 8 heteroatoms. The average molecular weight is 744 g/mol. The summed E-state index contributed by atoms with van der Waals surface area (Å²) in [5.41, 5.74) is 5.50. The van der Waals surface area contributed by atoms with E-state index in [1.807, 2.05) is 75.4 Å². The van der Waals surface area contributed by atoms with Crippen molar-refractivity contribution in [2.75, 3.05) is 18.1 Å². The maximum absolute atomic E-state index is 14.2. The summed E-state index contributed by atoms with van der Waals surface area (Å²) in [5.74, 6) is -2.59. The highest BCUT2D eigenvalue weighted by Crippen LogP contribution is 2.48. The summed E-state index contributed by atoms with van der Waals surface area (Å²) in [6.45, 7) is 12.1. The number of amides is 2. The Kier molecular flexibility index (Phi) is 11.6. The number of aliphatic hydroxyl groups excluding tert-OH is 2. The number of carbonyl (C=O) groups is 2. The van der Waals surface area contributed by atoms with Gasteiger partial charge in [0.2, 0.25) is 11.8 Å². The molecule has 4 aromatic carbocycles. The van der Waals surface area contributed by atoms with Crippen LogP contribution in [0.4, 0.5) is 5.69 Å². The van der Waals surface area contributed by atoms with Crippen LogP contribution >= 0.6 is 0 Å². The number of benzene rings is 4. The number of carbonyl (C=O) groups excluding carboxylic acids is 2. The number of aromatic hydroxyl groups is 1. The molecule has 0 bridgehead atoms. The Labute approximate surface area is 320 Å². The molecule has 1 aliphatic carbocycles. The van der Waals surface area contributed by atoms with E-state index in [2.05, 4.69) is 51.1 Å². The largest absolute Gasteiger partial charge is 0.507 e. The zero-order valence-corrected chi connectivity index (χ0v) is 33.3. The van der Waals surface area contributed by atoms with Crippen LogP contribution < -0.4 is 15.3 Å². The van der Waals surface area contributed by atoms with Gasteiger partial charge in [-0.3, -0.25) is 14.5 Å². The molecule has 2 amide bonds. The van der Waals surface area contributed by atoms with Crippen LogP contribution in [0.2, 0.25) is 5.04 Å². The van der Waals surface area contributed by atoms with Crippen molar-refractivity contribution in [3.05, 3.63) is 137 Å². The van der Waals surface area contributed by atoms with Crippen LogP contribution in [0.5, 0.6) is 5.75 Å². The standard InChI is InChI=1S/C46H53NO6Si/c1-30(24-33-25-31(2)43(50)32(3)26-33)22-23-40(49)41-34(27-38-42(39(41)28-48)45(52)47(44(38)51)35-16-10-7-11-17-35)29-53-54(46(4,5)6,36-18-12-8-13-19-36)37-20-14-9-15-21-37/h7-21,24-26,38-40,42,48-50H,22-23,27-29H2,1-6H3/b30-24+/t38-,39+,40-,42-/m1/s1. The first-order valence-corrected chi connectivity index (χ1v) is 20.8. The third-order valence-electron chi connectivity index (χ3n) is 11.4. The van der Waals surface area contributed by atoms with Crippen molar-refractivity contribution in [1.82, 2.24) is 0 Å². The highest BCUT2D eigenvalue weighted by molar-refractivity contribution is 6.99. The predicted molar refractivity (Wildman–Crippen MR) is 218 cm³/mol. The SMILES string of the molecule is C/C(=C\c1cc(C)c(O)c(C)c1)CC[C@@H](O)C1=C(CO[Si](c2ccccc2)(c2ccccc2)C(C)(C)C)C[C@H]2C(=O)N(c3ccccc3)C(=O)[C@H]2[C@H]1CO. The summed E-state index contributed by atoms with van der Waals surface area (Å²) in [6, 6.07) is 33.5. The van der Waals surface area contributed by atoms with E-state index in [-0.39, 0.29) is 35.6 Å². The fourth-order valence-corrected chi connectivity index (χ4v) is 13.4. The van der Waals surface area contributed by atoms with Gasteiger partial charge in [0.25, 0.3) is 8.32 Å². The van der Waals surface area contributed by atoms with E-state index in [0.29, 0.717) is 24.1 Å². The zero-order chi connectivity index (χ0) is 38.8. The summed E-state index contributed by atoms with van der Waals surface area (Å²) in [6.07, 6.45) is 2.24. The first-order chi connectivity index (χ1) is 25.8. The highest BCUT2D eigenvalue weighted by atomic mass is 28.4. The topological polar surface area (TPSA) is 107 Å². The smallest absolute Gasteiger partial charge is 0.261 e. The molecule has 0 saturated carbocycles. The monoisotopic (exact) mass is 743 g/mol. The van der Waals surface area contributed by atoms with Gasteiger partial charge in [-0.2, -0.15) is 0 Å². The van der Waals surface area contributed by atoms with Crippen molar-refractivity contribution in [3.8, 4) is 5.75 Å². The van der Waals surface area contributed by atoms with Gasteiger partial charge >= 0.3 is 0 Å². The maximum Gasteiger partial charge on any atom is 0.261 e. The van der Waals surface area contributed by atoms with Crippen LogP contribution in [0.25, 0.3) is 6.08 Å². The lowest BCUT2D eigenvalue weighted by Crippen LogP contribution is -2.66. The van der Waals surface area contributed by atoms with Gasteiger partial charge in [0.1, 0.15) is 5.75 Å². The number of phenols is 1. The number of aliphatic hydroxyl groups is 2. The van der Waals surface area contributed by atoms with Gasteiger partial charge in [-0.15, -0.1) is 0 Å². The molecule has 4 atom stereocenters. The molecule has 0 radical (unpaired) electrons. The Morgan fingerprint density at radius 2 is 1.43 bits per heavy atom. The zero-order valence-electron chi connectivity index (χ0n) is 32.3. The first kappa shape index (κ1) is 39.1. The summed E-state index contributed by atoms with van der Waals surface area (Å²) in [4.78, 5) is 29.6. The van der Waals surface area contributed by atoms with Crippen LogP contribution in [0.3, 0.4) is 0 Å². The number of hydrogen-bond donors (Lipinski definition) is 3. The van der Waals surface area contributed by atoms with Crippen molar-refractivity contribution in [3.63, 3.8) is 0 Å². The van der Waals surface area contributed by atoms with Crippen molar-refractivity contribution < 1.29 is 29.3 Å². The lowest BCUT2D eigenvalue weighted by molar-refractivity contribution is -0.123. The minimum absolute atomic E-state index is 0.146. The number of para-hydroxylation sites is 1. The fraction of sp³-hybridized carbons (Fsp3) is 0.348. The molecule has 7 nitrogen and oxygen atoms in total. The molecule has 1 heterocycles. The Bertz CT molecular complexity index is 1970. The minimum Gasteiger partial charge on any atom is -0.507 e. The number of fused-ring (bicyclic) bond motifs is 1. The molecule has 0 spiro atoms. The molecule has 1 aliphatic heterocycles. The van der Waals surface area contributed by atoms with Gasteiger partial charge in [0, 0.05) is 5.92 Å². The van der Waals surface area contributed by atoms with E-state index >= 15 is 0 Å². The van der Waals surface area contributed by atoms with Crippen LogP contribution in [-0.4, -0.2) is 54.8 Å². The summed E-state index contributed by atoms with van der Waals surface area (Å²) in [7, 11) is -3.02. The number of hydrogen-bond acceptors (Lipinski definition) is 6. The van der Waals surface area contributed by atoms with Gasteiger partial charge in [0.05, 0.1) is 36.8 Å². The molecule has 6 rings (SSSR count). The third-order valence-corrected chi connectivity index (χ3v) is 16.4. The summed E-state index contributed by atoms with van der Waals surface area (Å²) >= 11 is 0. The van der Waals surface area contributed by atoms with E-state index in [1.165, 1.54) is 4.90 Å².